The second-order valence-electron chi connectivity index (χ2n) is 5.78. The first-order valence-electron chi connectivity index (χ1n) is 7.95. The van der Waals surface area contributed by atoms with Crippen molar-refractivity contribution in [1.82, 2.24) is 10.2 Å². The van der Waals surface area contributed by atoms with Gasteiger partial charge in [-0.15, -0.1) is 0 Å². The lowest BCUT2D eigenvalue weighted by molar-refractivity contribution is 0.298. The van der Waals surface area contributed by atoms with Crippen molar-refractivity contribution >= 4 is 0 Å². The molecule has 0 spiro atoms. The summed E-state index contributed by atoms with van der Waals surface area (Å²) in [6.45, 7) is 9.84. The molecule has 1 aromatic rings. The van der Waals surface area contributed by atoms with Gasteiger partial charge in [0, 0.05) is 19.1 Å². The molecule has 0 amide bonds. The van der Waals surface area contributed by atoms with Crippen molar-refractivity contribution < 1.29 is 4.74 Å². The molecular formula is C17H28N2O. The highest BCUT2D eigenvalue weighted by atomic mass is 16.5. The SMILES string of the molecule is CCCOc1ccc(CNC(C)CN2CCCC2)cc1. The Morgan fingerprint density at radius 3 is 2.55 bits per heavy atom. The van der Waals surface area contributed by atoms with E-state index in [9.17, 15) is 0 Å². The molecule has 1 N–H and O–H groups in total. The molecule has 20 heavy (non-hydrogen) atoms. The van der Waals surface area contributed by atoms with Crippen LogP contribution in [0, 0.1) is 0 Å². The zero-order valence-corrected chi connectivity index (χ0v) is 12.9. The van der Waals surface area contributed by atoms with E-state index < -0.39 is 0 Å². The molecule has 3 nitrogen and oxygen atoms in total. The van der Waals surface area contributed by atoms with E-state index in [4.69, 9.17) is 4.74 Å². The molecule has 1 atom stereocenters. The number of nitrogens with zero attached hydrogens (tertiary/aromatic N) is 1. The molecule has 3 heteroatoms. The first kappa shape index (κ1) is 15.3. The topological polar surface area (TPSA) is 24.5 Å². The summed E-state index contributed by atoms with van der Waals surface area (Å²) in [4.78, 5) is 2.55. The minimum Gasteiger partial charge on any atom is -0.494 e. The second-order valence-corrected chi connectivity index (χ2v) is 5.78. The molecule has 0 aromatic heterocycles. The van der Waals surface area contributed by atoms with Gasteiger partial charge in [-0.05, 0) is 57.0 Å². The molecule has 1 saturated heterocycles. The Morgan fingerprint density at radius 1 is 1.20 bits per heavy atom. The van der Waals surface area contributed by atoms with Crippen LogP contribution in [-0.4, -0.2) is 37.2 Å². The first-order valence-corrected chi connectivity index (χ1v) is 7.95. The van der Waals surface area contributed by atoms with Gasteiger partial charge < -0.3 is 15.0 Å². The third-order valence-electron chi connectivity index (χ3n) is 3.78. The molecule has 1 fully saturated rings. The van der Waals surface area contributed by atoms with E-state index in [0.29, 0.717) is 6.04 Å². The standard InChI is InChI=1S/C17H28N2O/c1-3-12-20-17-8-6-16(7-9-17)13-18-15(2)14-19-10-4-5-11-19/h6-9,15,18H,3-5,10-14H2,1-2H3. The van der Waals surface area contributed by atoms with Crippen LogP contribution in [-0.2, 0) is 6.54 Å². The Hall–Kier alpha value is -1.06. The number of hydrogen-bond acceptors (Lipinski definition) is 3. The van der Waals surface area contributed by atoms with E-state index >= 15 is 0 Å². The summed E-state index contributed by atoms with van der Waals surface area (Å²) in [5.41, 5.74) is 1.32. The monoisotopic (exact) mass is 276 g/mol. The number of likely N-dealkylation sites (tertiary alicyclic amines) is 1. The van der Waals surface area contributed by atoms with E-state index in [1.54, 1.807) is 0 Å². The van der Waals surface area contributed by atoms with Crippen LogP contribution in [0.4, 0.5) is 0 Å². The van der Waals surface area contributed by atoms with E-state index in [1.165, 1.54) is 31.5 Å². The van der Waals surface area contributed by atoms with Crippen LogP contribution in [0.5, 0.6) is 5.75 Å². The second kappa shape index (κ2) is 8.28. The van der Waals surface area contributed by atoms with Crippen molar-refractivity contribution in [3.63, 3.8) is 0 Å². The van der Waals surface area contributed by atoms with Gasteiger partial charge in [0.15, 0.2) is 0 Å². The highest BCUT2D eigenvalue weighted by Crippen LogP contribution is 2.13. The van der Waals surface area contributed by atoms with Crippen LogP contribution in [0.15, 0.2) is 24.3 Å². The maximum absolute atomic E-state index is 5.60. The molecule has 1 heterocycles. The fourth-order valence-electron chi connectivity index (χ4n) is 2.63. The average molecular weight is 276 g/mol. The normalized spacial score (nSPS) is 17.3. The molecule has 0 aliphatic carbocycles. The number of hydrogen-bond donors (Lipinski definition) is 1. The fraction of sp³-hybridized carbons (Fsp3) is 0.647. The van der Waals surface area contributed by atoms with Crippen LogP contribution in [0.3, 0.4) is 0 Å². The van der Waals surface area contributed by atoms with Gasteiger partial charge in [-0.25, -0.2) is 0 Å². The highest BCUT2D eigenvalue weighted by molar-refractivity contribution is 5.27. The van der Waals surface area contributed by atoms with Gasteiger partial charge in [0.25, 0.3) is 0 Å². The summed E-state index contributed by atoms with van der Waals surface area (Å²) in [6.07, 6.45) is 3.79. The molecular weight excluding hydrogens is 248 g/mol. The maximum Gasteiger partial charge on any atom is 0.119 e. The largest absolute Gasteiger partial charge is 0.494 e. The summed E-state index contributed by atoms with van der Waals surface area (Å²) >= 11 is 0. The lowest BCUT2D eigenvalue weighted by Crippen LogP contribution is -2.37. The molecule has 112 valence electrons. The van der Waals surface area contributed by atoms with Crippen LogP contribution in [0.2, 0.25) is 0 Å². The van der Waals surface area contributed by atoms with Crippen molar-refractivity contribution in [2.75, 3.05) is 26.2 Å². The Labute approximate surface area is 123 Å². The van der Waals surface area contributed by atoms with Crippen molar-refractivity contribution in [3.8, 4) is 5.75 Å². The zero-order valence-electron chi connectivity index (χ0n) is 12.9. The molecule has 0 radical (unpaired) electrons. The van der Waals surface area contributed by atoms with E-state index in [2.05, 4.69) is 48.3 Å². The van der Waals surface area contributed by atoms with Crippen LogP contribution < -0.4 is 10.1 Å². The minimum atomic E-state index is 0.545. The van der Waals surface area contributed by atoms with Gasteiger partial charge in [-0.1, -0.05) is 19.1 Å². The number of ether oxygens (including phenoxy) is 1. The summed E-state index contributed by atoms with van der Waals surface area (Å²) in [7, 11) is 0. The predicted molar refractivity (Wildman–Crippen MR) is 84.2 cm³/mol. The van der Waals surface area contributed by atoms with Crippen LogP contribution in [0.25, 0.3) is 0 Å². The summed E-state index contributed by atoms with van der Waals surface area (Å²) in [6, 6.07) is 8.99. The Morgan fingerprint density at radius 2 is 1.90 bits per heavy atom. The average Bonchev–Trinajstić information content (AvgIpc) is 2.97. The van der Waals surface area contributed by atoms with Gasteiger partial charge in [0.05, 0.1) is 6.61 Å². The van der Waals surface area contributed by atoms with Gasteiger partial charge in [-0.2, -0.15) is 0 Å². The molecule has 1 aliphatic rings. The van der Waals surface area contributed by atoms with Gasteiger partial charge in [0.1, 0.15) is 5.75 Å². The molecule has 0 bridgehead atoms. The lowest BCUT2D eigenvalue weighted by atomic mass is 10.2. The molecule has 2 rings (SSSR count). The summed E-state index contributed by atoms with van der Waals surface area (Å²) < 4.78 is 5.60. The summed E-state index contributed by atoms with van der Waals surface area (Å²) in [5, 5.41) is 3.61. The van der Waals surface area contributed by atoms with Gasteiger partial charge >= 0.3 is 0 Å². The summed E-state index contributed by atoms with van der Waals surface area (Å²) in [5.74, 6) is 0.973. The quantitative estimate of drug-likeness (QED) is 0.790. The Kier molecular flexibility index (Phi) is 6.34. The lowest BCUT2D eigenvalue weighted by Gasteiger charge is -2.21. The van der Waals surface area contributed by atoms with Crippen molar-refractivity contribution in [1.29, 1.82) is 0 Å². The Balaban J connectivity index is 1.69. The van der Waals surface area contributed by atoms with Crippen LogP contribution >= 0.6 is 0 Å². The van der Waals surface area contributed by atoms with Gasteiger partial charge in [0.2, 0.25) is 0 Å². The van der Waals surface area contributed by atoms with Crippen molar-refractivity contribution in [3.05, 3.63) is 29.8 Å². The molecule has 0 saturated carbocycles. The van der Waals surface area contributed by atoms with E-state index in [-0.39, 0.29) is 0 Å². The van der Waals surface area contributed by atoms with Crippen LogP contribution in [0.1, 0.15) is 38.7 Å². The third kappa shape index (κ3) is 5.14. The number of nitrogens with one attached hydrogen (secondary N) is 1. The van der Waals surface area contributed by atoms with Crippen molar-refractivity contribution in [2.45, 2.75) is 45.7 Å². The first-order chi connectivity index (χ1) is 9.78. The maximum atomic E-state index is 5.60. The zero-order chi connectivity index (χ0) is 14.2. The van der Waals surface area contributed by atoms with E-state index in [1.807, 2.05) is 0 Å². The fourth-order valence-corrected chi connectivity index (χ4v) is 2.63. The highest BCUT2D eigenvalue weighted by Gasteiger charge is 2.13. The third-order valence-corrected chi connectivity index (χ3v) is 3.78. The van der Waals surface area contributed by atoms with Crippen molar-refractivity contribution in [2.24, 2.45) is 0 Å². The molecule has 1 unspecified atom stereocenters. The van der Waals surface area contributed by atoms with E-state index in [0.717, 1.165) is 31.9 Å². The van der Waals surface area contributed by atoms with Gasteiger partial charge in [-0.3, -0.25) is 0 Å². The Bertz CT molecular complexity index is 371. The minimum absolute atomic E-state index is 0.545. The molecule has 1 aromatic carbocycles. The predicted octanol–water partition coefficient (Wildman–Crippen LogP) is 3.05. The smallest absolute Gasteiger partial charge is 0.119 e. The number of rotatable bonds is 8. The number of benzene rings is 1. The molecule has 1 aliphatic heterocycles.